The second-order valence-electron chi connectivity index (χ2n) is 6.19. The molecule has 2 aromatic rings. The van der Waals surface area contributed by atoms with Crippen LogP contribution in [-0.2, 0) is 4.74 Å². The van der Waals surface area contributed by atoms with Gasteiger partial charge in [-0.2, -0.15) is 0 Å². The Bertz CT molecular complexity index is 886. The highest BCUT2D eigenvalue weighted by atomic mass is 32.2. The summed E-state index contributed by atoms with van der Waals surface area (Å²) in [7, 11) is 0. The third-order valence-electron chi connectivity index (χ3n) is 4.41. The SMILES string of the molecule is O=[N+]([O-])C1=CCC(=Nn2c(SCCN3CCCC3)nc3ccccc32)O1. The predicted molar refractivity (Wildman–Crippen MR) is 99.7 cm³/mol. The molecule has 0 radical (unpaired) electrons. The van der Waals surface area contributed by atoms with Crippen LogP contribution in [0.25, 0.3) is 11.0 Å². The average Bonchev–Trinajstić information content (AvgIpc) is 3.37. The fraction of sp³-hybridized carbons (Fsp3) is 0.412. The molecular weight excluding hydrogens is 354 g/mol. The normalized spacial score (nSPS) is 19.2. The molecule has 2 aliphatic heterocycles. The number of fused-ring (bicyclic) bond motifs is 1. The number of hydrogen-bond acceptors (Lipinski definition) is 7. The summed E-state index contributed by atoms with van der Waals surface area (Å²) in [5, 5.41) is 16.1. The first-order valence-electron chi connectivity index (χ1n) is 8.63. The summed E-state index contributed by atoms with van der Waals surface area (Å²) in [6.45, 7) is 3.36. The quantitative estimate of drug-likeness (QED) is 0.440. The molecular formula is C17H19N5O3S. The lowest BCUT2D eigenvalue weighted by Gasteiger charge is -2.13. The maximum atomic E-state index is 10.8. The summed E-state index contributed by atoms with van der Waals surface area (Å²) in [5.74, 6) is 0.964. The van der Waals surface area contributed by atoms with Gasteiger partial charge in [-0.25, -0.2) is 9.66 Å². The van der Waals surface area contributed by atoms with Crippen molar-refractivity contribution in [2.45, 2.75) is 24.4 Å². The maximum Gasteiger partial charge on any atom is 0.430 e. The molecule has 1 fully saturated rings. The number of nitro groups is 1. The number of imidazole rings is 1. The Morgan fingerprint density at radius 1 is 1.31 bits per heavy atom. The van der Waals surface area contributed by atoms with Gasteiger partial charge in [0.1, 0.15) is 4.92 Å². The van der Waals surface area contributed by atoms with Gasteiger partial charge in [0, 0.05) is 18.4 Å². The Kier molecular flexibility index (Phi) is 4.89. The molecule has 0 N–H and O–H groups in total. The molecule has 4 rings (SSSR count). The van der Waals surface area contributed by atoms with E-state index in [-0.39, 0.29) is 5.88 Å². The van der Waals surface area contributed by atoms with Crippen molar-refractivity contribution < 1.29 is 9.66 Å². The summed E-state index contributed by atoms with van der Waals surface area (Å²) in [6, 6.07) is 7.74. The van der Waals surface area contributed by atoms with Crippen molar-refractivity contribution in [3.05, 3.63) is 46.3 Å². The Labute approximate surface area is 154 Å². The van der Waals surface area contributed by atoms with Crippen LogP contribution < -0.4 is 0 Å². The molecule has 0 aliphatic carbocycles. The van der Waals surface area contributed by atoms with Gasteiger partial charge in [0.25, 0.3) is 0 Å². The highest BCUT2D eigenvalue weighted by Crippen LogP contribution is 2.25. The van der Waals surface area contributed by atoms with Crippen LogP contribution in [0.2, 0.25) is 0 Å². The molecule has 0 amide bonds. The van der Waals surface area contributed by atoms with Gasteiger partial charge in [-0.1, -0.05) is 23.9 Å². The van der Waals surface area contributed by atoms with Crippen LogP contribution in [0.1, 0.15) is 19.3 Å². The first-order valence-corrected chi connectivity index (χ1v) is 9.62. The van der Waals surface area contributed by atoms with Crippen molar-refractivity contribution in [3.63, 3.8) is 0 Å². The molecule has 1 aromatic carbocycles. The topological polar surface area (TPSA) is 85.8 Å². The molecule has 0 atom stereocenters. The van der Waals surface area contributed by atoms with Crippen LogP contribution in [0.4, 0.5) is 0 Å². The zero-order valence-electron chi connectivity index (χ0n) is 14.2. The summed E-state index contributed by atoms with van der Waals surface area (Å²) >= 11 is 1.65. The lowest BCUT2D eigenvalue weighted by molar-refractivity contribution is -0.454. The molecule has 1 aromatic heterocycles. The third-order valence-corrected chi connectivity index (χ3v) is 5.32. The predicted octanol–water partition coefficient (Wildman–Crippen LogP) is 2.92. The van der Waals surface area contributed by atoms with E-state index in [1.807, 2.05) is 24.3 Å². The number of para-hydroxylation sites is 2. The van der Waals surface area contributed by atoms with Crippen molar-refractivity contribution in [1.82, 2.24) is 14.6 Å². The van der Waals surface area contributed by atoms with Crippen LogP contribution >= 0.6 is 11.8 Å². The van der Waals surface area contributed by atoms with E-state index in [4.69, 9.17) is 4.74 Å². The van der Waals surface area contributed by atoms with Gasteiger partial charge >= 0.3 is 5.88 Å². The Morgan fingerprint density at radius 3 is 2.88 bits per heavy atom. The number of benzene rings is 1. The van der Waals surface area contributed by atoms with E-state index in [1.165, 1.54) is 32.0 Å². The number of likely N-dealkylation sites (tertiary alicyclic amines) is 1. The first-order chi connectivity index (χ1) is 12.7. The van der Waals surface area contributed by atoms with Crippen molar-refractivity contribution >= 4 is 28.7 Å². The largest absolute Gasteiger partial charge is 0.430 e. The molecule has 0 saturated carbocycles. The van der Waals surface area contributed by atoms with E-state index in [1.54, 1.807) is 16.4 Å². The van der Waals surface area contributed by atoms with Crippen LogP contribution in [-0.4, -0.2) is 50.8 Å². The molecule has 3 heterocycles. The van der Waals surface area contributed by atoms with Crippen LogP contribution in [0.5, 0.6) is 0 Å². The minimum absolute atomic E-state index is 0.267. The van der Waals surface area contributed by atoms with E-state index >= 15 is 0 Å². The summed E-state index contributed by atoms with van der Waals surface area (Å²) in [6.07, 6.45) is 4.29. The number of hydrogen-bond donors (Lipinski definition) is 0. The maximum absolute atomic E-state index is 10.8. The molecule has 0 bridgehead atoms. The summed E-state index contributed by atoms with van der Waals surface area (Å²) in [5.41, 5.74) is 1.71. The fourth-order valence-corrected chi connectivity index (χ4v) is 4.07. The lowest BCUT2D eigenvalue weighted by atomic mass is 10.3. The highest BCUT2D eigenvalue weighted by Gasteiger charge is 2.24. The molecule has 26 heavy (non-hydrogen) atoms. The van der Waals surface area contributed by atoms with Crippen molar-refractivity contribution in [1.29, 1.82) is 0 Å². The lowest BCUT2D eigenvalue weighted by Crippen LogP contribution is -2.22. The summed E-state index contributed by atoms with van der Waals surface area (Å²) in [4.78, 5) is 17.4. The van der Waals surface area contributed by atoms with E-state index < -0.39 is 4.92 Å². The number of ether oxygens (including phenoxy) is 1. The van der Waals surface area contributed by atoms with Gasteiger partial charge in [0.05, 0.1) is 17.5 Å². The zero-order chi connectivity index (χ0) is 17.9. The van der Waals surface area contributed by atoms with E-state index in [0.29, 0.717) is 12.3 Å². The van der Waals surface area contributed by atoms with E-state index in [2.05, 4.69) is 15.0 Å². The van der Waals surface area contributed by atoms with Crippen molar-refractivity contribution in [2.24, 2.45) is 5.10 Å². The highest BCUT2D eigenvalue weighted by molar-refractivity contribution is 7.99. The number of nitrogens with zero attached hydrogens (tertiary/aromatic N) is 5. The fourth-order valence-electron chi connectivity index (χ4n) is 3.12. The first kappa shape index (κ1) is 17.0. The minimum atomic E-state index is -0.541. The standard InChI is InChI=1S/C17H19N5O3S/c23-22(24)16-8-7-15(25-16)19-21-14-6-2-1-5-13(14)18-17(21)26-12-11-20-9-3-4-10-20/h1-2,5-6,8H,3-4,7,9-12H2. The van der Waals surface area contributed by atoms with E-state index in [9.17, 15) is 10.1 Å². The second kappa shape index (κ2) is 7.46. The van der Waals surface area contributed by atoms with Crippen LogP contribution in [0, 0.1) is 10.1 Å². The van der Waals surface area contributed by atoms with Gasteiger partial charge in [-0.05, 0) is 38.1 Å². The molecule has 0 spiro atoms. The molecule has 9 heteroatoms. The van der Waals surface area contributed by atoms with Crippen LogP contribution in [0.15, 0.2) is 46.5 Å². The van der Waals surface area contributed by atoms with Gasteiger partial charge in [-0.15, -0.1) is 5.10 Å². The van der Waals surface area contributed by atoms with Crippen molar-refractivity contribution in [3.8, 4) is 0 Å². The Balaban J connectivity index is 1.55. The average molecular weight is 373 g/mol. The minimum Gasteiger partial charge on any atom is -0.385 e. The van der Waals surface area contributed by atoms with Gasteiger partial charge in [0.2, 0.25) is 5.90 Å². The number of aromatic nitrogens is 2. The Morgan fingerprint density at radius 2 is 2.12 bits per heavy atom. The number of rotatable bonds is 6. The number of thioether (sulfide) groups is 1. The third kappa shape index (κ3) is 3.58. The smallest absolute Gasteiger partial charge is 0.385 e. The van der Waals surface area contributed by atoms with Gasteiger partial charge < -0.3 is 9.64 Å². The zero-order valence-corrected chi connectivity index (χ0v) is 15.0. The second-order valence-corrected chi connectivity index (χ2v) is 7.25. The monoisotopic (exact) mass is 373 g/mol. The summed E-state index contributed by atoms with van der Waals surface area (Å²) < 4.78 is 6.96. The van der Waals surface area contributed by atoms with Gasteiger partial charge in [-0.3, -0.25) is 10.1 Å². The Hall–Kier alpha value is -2.39. The molecule has 8 nitrogen and oxygen atoms in total. The van der Waals surface area contributed by atoms with Gasteiger partial charge in [0.15, 0.2) is 5.16 Å². The molecule has 1 saturated heterocycles. The molecule has 0 unspecified atom stereocenters. The van der Waals surface area contributed by atoms with E-state index in [0.717, 1.165) is 28.5 Å². The molecule has 2 aliphatic rings. The van der Waals surface area contributed by atoms with Crippen molar-refractivity contribution in [2.75, 3.05) is 25.4 Å². The molecule has 136 valence electrons. The van der Waals surface area contributed by atoms with Crippen LogP contribution in [0.3, 0.4) is 0 Å².